The van der Waals surface area contributed by atoms with Crippen LogP contribution in [0.15, 0.2) is 59.5 Å². The molecule has 0 heterocycles. The van der Waals surface area contributed by atoms with Gasteiger partial charge in [0.15, 0.2) is 8.32 Å². The second-order valence-corrected chi connectivity index (χ2v) is 12.2. The van der Waals surface area contributed by atoms with E-state index < -0.39 is 19.7 Å². The van der Waals surface area contributed by atoms with E-state index in [1.165, 1.54) is 0 Å². The average molecular weight is 353 g/mol. The zero-order chi connectivity index (χ0) is 17.1. The summed E-state index contributed by atoms with van der Waals surface area (Å²) >= 11 is 0.562. The molecule has 5 heteroatoms. The van der Waals surface area contributed by atoms with Crippen LogP contribution in [0.5, 0.6) is 0 Å². The molecule has 0 aromatic heterocycles. The molecule has 0 N–H and O–H groups in total. The Morgan fingerprint density at radius 3 is 2.04 bits per heavy atom. The molecule has 23 heavy (non-hydrogen) atoms. The van der Waals surface area contributed by atoms with Gasteiger partial charge in [-0.05, 0) is 56.0 Å². The first-order chi connectivity index (χ1) is 10.7. The standard InChI is InChI=1S/C18H22F2OSSi/c1-14-10-12-16(13-11-14)22-18(19,20)17(21-23(2,3)4)15-8-6-5-7-9-15/h5-13,17H,1-4H3. The number of hydrogen-bond acceptors (Lipinski definition) is 2. The van der Waals surface area contributed by atoms with Crippen LogP contribution in [0.3, 0.4) is 0 Å². The van der Waals surface area contributed by atoms with Crippen LogP contribution >= 0.6 is 11.8 Å². The summed E-state index contributed by atoms with van der Waals surface area (Å²) in [6.45, 7) is 7.72. The third-order valence-electron chi connectivity index (χ3n) is 3.15. The monoisotopic (exact) mass is 352 g/mol. The van der Waals surface area contributed by atoms with Gasteiger partial charge < -0.3 is 4.43 Å². The van der Waals surface area contributed by atoms with E-state index in [1.807, 2.05) is 44.8 Å². The molecule has 0 spiro atoms. The normalized spacial score (nSPS) is 13.8. The van der Waals surface area contributed by atoms with E-state index in [4.69, 9.17) is 4.43 Å². The maximum Gasteiger partial charge on any atom is 0.326 e. The Balaban J connectivity index is 2.30. The van der Waals surface area contributed by atoms with Crippen molar-refractivity contribution in [3.05, 3.63) is 65.7 Å². The van der Waals surface area contributed by atoms with E-state index in [0.29, 0.717) is 22.2 Å². The smallest absolute Gasteiger partial charge is 0.326 e. The third kappa shape index (κ3) is 5.44. The number of rotatable bonds is 6. The molecule has 0 fully saturated rings. The van der Waals surface area contributed by atoms with E-state index >= 15 is 0 Å². The van der Waals surface area contributed by atoms with Gasteiger partial charge in [0.05, 0.1) is 0 Å². The molecule has 124 valence electrons. The highest BCUT2D eigenvalue weighted by Gasteiger charge is 2.44. The zero-order valence-corrected chi connectivity index (χ0v) is 15.7. The van der Waals surface area contributed by atoms with Crippen molar-refractivity contribution in [1.82, 2.24) is 0 Å². The van der Waals surface area contributed by atoms with Gasteiger partial charge >= 0.3 is 5.25 Å². The Kier molecular flexibility index (Phi) is 5.65. The van der Waals surface area contributed by atoms with Gasteiger partial charge in [0.1, 0.15) is 6.10 Å². The highest BCUT2D eigenvalue weighted by atomic mass is 32.2. The van der Waals surface area contributed by atoms with E-state index in [1.54, 1.807) is 36.4 Å². The Bertz CT molecular complexity index is 624. The molecule has 0 aliphatic heterocycles. The fraction of sp³-hybridized carbons (Fsp3) is 0.333. The van der Waals surface area contributed by atoms with Gasteiger partial charge in [0.25, 0.3) is 0 Å². The summed E-state index contributed by atoms with van der Waals surface area (Å²) < 4.78 is 35.8. The summed E-state index contributed by atoms with van der Waals surface area (Å²) in [6.07, 6.45) is -1.25. The molecule has 1 unspecified atom stereocenters. The van der Waals surface area contributed by atoms with Crippen molar-refractivity contribution in [3.8, 4) is 0 Å². The molecule has 0 radical (unpaired) electrons. The Hall–Kier alpha value is -1.17. The molecule has 0 saturated carbocycles. The summed E-state index contributed by atoms with van der Waals surface area (Å²) in [4.78, 5) is 0.542. The Labute approximate surface area is 142 Å². The molecule has 2 aromatic rings. The molecule has 2 aromatic carbocycles. The Morgan fingerprint density at radius 1 is 0.957 bits per heavy atom. The van der Waals surface area contributed by atoms with Crippen molar-refractivity contribution in [2.45, 2.75) is 42.8 Å². The lowest BCUT2D eigenvalue weighted by atomic mass is 10.1. The first kappa shape index (κ1) is 18.2. The number of benzene rings is 2. The molecule has 1 nitrogen and oxygen atoms in total. The topological polar surface area (TPSA) is 9.23 Å². The van der Waals surface area contributed by atoms with Crippen molar-refractivity contribution in [2.75, 3.05) is 0 Å². The first-order valence-electron chi connectivity index (χ1n) is 7.54. The van der Waals surface area contributed by atoms with E-state index in [0.717, 1.165) is 5.56 Å². The first-order valence-corrected chi connectivity index (χ1v) is 11.8. The van der Waals surface area contributed by atoms with Crippen molar-refractivity contribution in [1.29, 1.82) is 0 Å². The van der Waals surface area contributed by atoms with Crippen LogP contribution in [0.1, 0.15) is 17.2 Å². The van der Waals surface area contributed by atoms with Crippen LogP contribution in [0, 0.1) is 6.92 Å². The number of alkyl halides is 2. The van der Waals surface area contributed by atoms with Crippen LogP contribution in [-0.2, 0) is 4.43 Å². The molecule has 0 bridgehead atoms. The minimum Gasteiger partial charge on any atom is -0.404 e. The highest BCUT2D eigenvalue weighted by Crippen LogP contribution is 2.47. The predicted molar refractivity (Wildman–Crippen MR) is 95.6 cm³/mol. The third-order valence-corrected chi connectivity index (χ3v) is 5.09. The van der Waals surface area contributed by atoms with Crippen molar-refractivity contribution in [2.24, 2.45) is 0 Å². The number of thioether (sulfide) groups is 1. The minimum absolute atomic E-state index is 0.513. The second kappa shape index (κ2) is 7.15. The van der Waals surface area contributed by atoms with Gasteiger partial charge in [0.2, 0.25) is 0 Å². The van der Waals surface area contributed by atoms with Crippen LogP contribution in [0.2, 0.25) is 19.6 Å². The van der Waals surface area contributed by atoms with Gasteiger partial charge in [-0.25, -0.2) is 0 Å². The van der Waals surface area contributed by atoms with E-state index in [9.17, 15) is 8.78 Å². The summed E-state index contributed by atoms with van der Waals surface area (Å²) in [5.74, 6) is 0. The summed E-state index contributed by atoms with van der Waals surface area (Å²) in [6, 6.07) is 15.9. The molecule has 0 amide bonds. The molecular formula is C18H22F2OSSi. The van der Waals surface area contributed by atoms with Crippen LogP contribution in [0.25, 0.3) is 0 Å². The van der Waals surface area contributed by atoms with E-state index in [-0.39, 0.29) is 0 Å². The summed E-state index contributed by atoms with van der Waals surface area (Å²) in [7, 11) is -2.13. The Morgan fingerprint density at radius 2 is 1.52 bits per heavy atom. The lowest BCUT2D eigenvalue weighted by Gasteiger charge is -2.32. The molecule has 0 saturated heterocycles. The predicted octanol–water partition coefficient (Wildman–Crippen LogP) is 6.27. The van der Waals surface area contributed by atoms with Gasteiger partial charge in [-0.2, -0.15) is 8.78 Å². The second-order valence-electron chi connectivity index (χ2n) is 6.50. The zero-order valence-electron chi connectivity index (χ0n) is 13.8. The van der Waals surface area contributed by atoms with Gasteiger partial charge in [0, 0.05) is 4.90 Å². The summed E-state index contributed by atoms with van der Waals surface area (Å²) in [5.41, 5.74) is 1.56. The minimum atomic E-state index is -3.04. The van der Waals surface area contributed by atoms with E-state index in [2.05, 4.69) is 0 Å². The van der Waals surface area contributed by atoms with Crippen molar-refractivity contribution >= 4 is 20.1 Å². The number of halogens is 2. The maximum absolute atomic E-state index is 15.0. The number of hydrogen-bond donors (Lipinski definition) is 0. The van der Waals surface area contributed by atoms with Gasteiger partial charge in [-0.3, -0.25) is 0 Å². The largest absolute Gasteiger partial charge is 0.404 e. The average Bonchev–Trinajstić information content (AvgIpc) is 2.47. The lowest BCUT2D eigenvalue weighted by Crippen LogP contribution is -2.35. The molecule has 0 aliphatic rings. The fourth-order valence-corrected chi connectivity index (χ4v) is 4.08. The van der Waals surface area contributed by atoms with Gasteiger partial charge in [-0.15, -0.1) is 0 Å². The summed E-state index contributed by atoms with van der Waals surface area (Å²) in [5, 5.41) is -3.04. The highest BCUT2D eigenvalue weighted by molar-refractivity contribution is 8.00. The lowest BCUT2D eigenvalue weighted by molar-refractivity contribution is -0.0249. The van der Waals surface area contributed by atoms with Crippen LogP contribution in [0.4, 0.5) is 8.78 Å². The quantitative estimate of drug-likeness (QED) is 0.447. The molecule has 2 rings (SSSR count). The fourth-order valence-electron chi connectivity index (χ4n) is 2.13. The van der Waals surface area contributed by atoms with Crippen LogP contribution < -0.4 is 0 Å². The maximum atomic E-state index is 15.0. The molecule has 1 atom stereocenters. The van der Waals surface area contributed by atoms with Crippen LogP contribution in [-0.4, -0.2) is 13.6 Å². The van der Waals surface area contributed by atoms with Crippen molar-refractivity contribution in [3.63, 3.8) is 0 Å². The van der Waals surface area contributed by atoms with Gasteiger partial charge in [-0.1, -0.05) is 48.0 Å². The van der Waals surface area contributed by atoms with Crippen molar-refractivity contribution < 1.29 is 13.2 Å². The molecular weight excluding hydrogens is 330 g/mol. The molecule has 0 aliphatic carbocycles. The number of aryl methyl sites for hydroxylation is 1. The SMILES string of the molecule is Cc1ccc(SC(F)(F)C(O[Si](C)(C)C)c2ccccc2)cc1.